The molecule has 0 radical (unpaired) electrons. The van der Waals surface area contributed by atoms with Gasteiger partial charge in [-0.15, -0.1) is 0 Å². The highest BCUT2D eigenvalue weighted by atomic mass is 32.2. The molecule has 3 rings (SSSR count). The minimum absolute atomic E-state index is 0.132. The van der Waals surface area contributed by atoms with Gasteiger partial charge >= 0.3 is 0 Å². The molecule has 0 saturated heterocycles. The van der Waals surface area contributed by atoms with Gasteiger partial charge in [0.05, 0.1) is 21.8 Å². The first-order valence-corrected chi connectivity index (χ1v) is 9.61. The Morgan fingerprint density at radius 3 is 2.35 bits per heavy atom. The highest BCUT2D eigenvalue weighted by molar-refractivity contribution is 7.90. The van der Waals surface area contributed by atoms with Crippen LogP contribution in [0.25, 0.3) is 11.3 Å². The molecular weight excluding hydrogens is 348 g/mol. The average molecular weight is 364 g/mol. The maximum atomic E-state index is 11.6. The molecule has 2 N–H and O–H groups in total. The van der Waals surface area contributed by atoms with Crippen molar-refractivity contribution in [1.29, 1.82) is 0 Å². The number of pyridine rings is 1. The van der Waals surface area contributed by atoms with E-state index in [1.807, 2.05) is 12.1 Å². The highest BCUT2D eigenvalue weighted by Gasteiger charge is 2.13. The third kappa shape index (κ3) is 3.87. The van der Waals surface area contributed by atoms with Gasteiger partial charge in [0.15, 0.2) is 9.84 Å². The van der Waals surface area contributed by atoms with E-state index >= 15 is 0 Å². The van der Waals surface area contributed by atoms with E-state index in [-0.39, 0.29) is 10.8 Å². The van der Waals surface area contributed by atoms with Gasteiger partial charge in [0, 0.05) is 18.0 Å². The number of sulfone groups is 1. The molecule has 6 nitrogen and oxygen atoms in total. The van der Waals surface area contributed by atoms with E-state index in [0.29, 0.717) is 28.2 Å². The number of hydrogen-bond donors (Lipinski definition) is 1. The lowest BCUT2D eigenvalue weighted by Crippen LogP contribution is -2.03. The van der Waals surface area contributed by atoms with Crippen molar-refractivity contribution in [3.63, 3.8) is 0 Å². The van der Waals surface area contributed by atoms with E-state index in [1.54, 1.807) is 31.3 Å². The number of aryl methyl sites for hydroxylation is 1. The molecule has 0 amide bonds. The molecular formula is C19H16N4O2S. The molecule has 0 aliphatic carbocycles. The Morgan fingerprint density at radius 1 is 1.00 bits per heavy atom. The summed E-state index contributed by atoms with van der Waals surface area (Å²) in [6.07, 6.45) is 2.83. The van der Waals surface area contributed by atoms with Crippen LogP contribution in [0.5, 0.6) is 0 Å². The first-order chi connectivity index (χ1) is 12.3. The molecule has 130 valence electrons. The molecule has 2 heterocycles. The minimum Gasteiger partial charge on any atom is -0.368 e. The van der Waals surface area contributed by atoms with E-state index in [0.717, 1.165) is 0 Å². The lowest BCUT2D eigenvalue weighted by Gasteiger charge is -2.08. The van der Waals surface area contributed by atoms with E-state index in [9.17, 15) is 8.42 Å². The van der Waals surface area contributed by atoms with E-state index < -0.39 is 9.84 Å². The molecule has 2 aromatic heterocycles. The van der Waals surface area contributed by atoms with E-state index in [4.69, 9.17) is 5.73 Å². The number of anilines is 1. The third-order valence-electron chi connectivity index (χ3n) is 3.64. The van der Waals surface area contributed by atoms with Crippen LogP contribution in [-0.2, 0) is 9.84 Å². The molecule has 1 aromatic carbocycles. The van der Waals surface area contributed by atoms with Crippen LogP contribution < -0.4 is 5.73 Å². The van der Waals surface area contributed by atoms with Crippen molar-refractivity contribution in [3.05, 3.63) is 65.6 Å². The van der Waals surface area contributed by atoms with Crippen molar-refractivity contribution in [1.82, 2.24) is 15.0 Å². The molecule has 26 heavy (non-hydrogen) atoms. The summed E-state index contributed by atoms with van der Waals surface area (Å²) in [5.74, 6) is 6.18. The molecule has 0 bridgehead atoms. The number of rotatable bonds is 2. The van der Waals surface area contributed by atoms with Crippen molar-refractivity contribution in [2.45, 2.75) is 11.8 Å². The van der Waals surface area contributed by atoms with Crippen molar-refractivity contribution in [3.8, 4) is 23.1 Å². The van der Waals surface area contributed by atoms with E-state index in [1.165, 1.54) is 18.4 Å². The summed E-state index contributed by atoms with van der Waals surface area (Å²) in [4.78, 5) is 12.9. The summed E-state index contributed by atoms with van der Waals surface area (Å²) in [7, 11) is -3.27. The Hall–Kier alpha value is -3.24. The SMILES string of the molecule is Cc1nc(N)nc(-c2ccc(S(C)(=O)=O)cc2)c1C#Cc1ccccn1. The molecule has 7 heteroatoms. The highest BCUT2D eigenvalue weighted by Crippen LogP contribution is 2.25. The normalized spacial score (nSPS) is 10.8. The maximum absolute atomic E-state index is 11.6. The van der Waals surface area contributed by atoms with Crippen LogP contribution in [0.4, 0.5) is 5.95 Å². The van der Waals surface area contributed by atoms with Gasteiger partial charge in [-0.05, 0) is 37.1 Å². The van der Waals surface area contributed by atoms with E-state index in [2.05, 4.69) is 26.8 Å². The summed E-state index contributed by atoms with van der Waals surface area (Å²) in [6, 6.07) is 11.9. The van der Waals surface area contributed by atoms with Crippen molar-refractivity contribution in [2.75, 3.05) is 12.0 Å². The van der Waals surface area contributed by atoms with Crippen LogP contribution in [0, 0.1) is 18.8 Å². The number of nitrogens with zero attached hydrogens (tertiary/aromatic N) is 3. The van der Waals surface area contributed by atoms with Crippen LogP contribution in [0.3, 0.4) is 0 Å². The number of benzene rings is 1. The van der Waals surface area contributed by atoms with Crippen molar-refractivity contribution >= 4 is 15.8 Å². The maximum Gasteiger partial charge on any atom is 0.220 e. The van der Waals surface area contributed by atoms with Crippen LogP contribution in [0.15, 0.2) is 53.6 Å². The summed E-state index contributed by atoms with van der Waals surface area (Å²) < 4.78 is 23.3. The van der Waals surface area contributed by atoms with Gasteiger partial charge in [0.1, 0.15) is 5.69 Å². The predicted molar refractivity (Wildman–Crippen MR) is 99.9 cm³/mol. The summed E-state index contributed by atoms with van der Waals surface area (Å²) in [6.45, 7) is 1.80. The lowest BCUT2D eigenvalue weighted by atomic mass is 10.0. The fraction of sp³-hybridized carbons (Fsp3) is 0.105. The monoisotopic (exact) mass is 364 g/mol. The van der Waals surface area contributed by atoms with Gasteiger partial charge in [0.25, 0.3) is 0 Å². The summed E-state index contributed by atoms with van der Waals surface area (Å²) >= 11 is 0. The number of nitrogen functional groups attached to an aromatic ring is 1. The van der Waals surface area contributed by atoms with Gasteiger partial charge in [-0.2, -0.15) is 0 Å². The van der Waals surface area contributed by atoms with Crippen LogP contribution >= 0.6 is 0 Å². The Bertz CT molecular complexity index is 1110. The minimum atomic E-state index is -3.27. The quantitative estimate of drug-likeness (QED) is 0.700. The van der Waals surface area contributed by atoms with Crippen LogP contribution in [0.1, 0.15) is 17.0 Å². The largest absolute Gasteiger partial charge is 0.368 e. The van der Waals surface area contributed by atoms with Crippen LogP contribution in [0.2, 0.25) is 0 Å². The molecule has 0 fully saturated rings. The Morgan fingerprint density at radius 2 is 1.73 bits per heavy atom. The van der Waals surface area contributed by atoms with Crippen LogP contribution in [-0.4, -0.2) is 29.6 Å². The number of nitrogens with two attached hydrogens (primary N) is 1. The molecule has 3 aromatic rings. The number of aromatic nitrogens is 3. The van der Waals surface area contributed by atoms with Crippen molar-refractivity contribution in [2.24, 2.45) is 0 Å². The fourth-order valence-electron chi connectivity index (χ4n) is 2.38. The Labute approximate surface area is 152 Å². The first-order valence-electron chi connectivity index (χ1n) is 7.72. The summed E-state index contributed by atoms with van der Waals surface area (Å²) in [5, 5.41) is 0. The molecule has 0 unspecified atom stereocenters. The topological polar surface area (TPSA) is 98.8 Å². The van der Waals surface area contributed by atoms with Gasteiger partial charge in [-0.1, -0.05) is 24.1 Å². The molecule has 0 aliphatic heterocycles. The zero-order valence-corrected chi connectivity index (χ0v) is 15.1. The van der Waals surface area contributed by atoms with Crippen molar-refractivity contribution < 1.29 is 8.42 Å². The second kappa shape index (κ2) is 6.94. The molecule has 0 spiro atoms. The fourth-order valence-corrected chi connectivity index (χ4v) is 3.01. The van der Waals surface area contributed by atoms with Gasteiger partial charge < -0.3 is 5.73 Å². The third-order valence-corrected chi connectivity index (χ3v) is 4.77. The molecule has 0 saturated carbocycles. The first kappa shape index (κ1) is 17.6. The zero-order valence-electron chi connectivity index (χ0n) is 14.3. The standard InChI is InChI=1S/C19H16N4O2S/c1-13-17(11-8-15-5-3-4-12-21-15)18(23-19(20)22-13)14-6-9-16(10-7-14)26(2,24)25/h3-7,9-10,12H,1-2H3,(H2,20,22,23). The Balaban J connectivity index is 2.11. The van der Waals surface area contributed by atoms with Gasteiger partial charge in [-0.3, -0.25) is 0 Å². The molecule has 0 atom stereocenters. The smallest absolute Gasteiger partial charge is 0.220 e. The second-order valence-electron chi connectivity index (χ2n) is 5.65. The van der Waals surface area contributed by atoms with Gasteiger partial charge in [-0.25, -0.2) is 23.4 Å². The average Bonchev–Trinajstić information content (AvgIpc) is 2.60. The summed E-state index contributed by atoms with van der Waals surface area (Å²) in [5.41, 5.74) is 8.95. The number of hydrogen-bond acceptors (Lipinski definition) is 6. The lowest BCUT2D eigenvalue weighted by molar-refractivity contribution is 0.602. The zero-order chi connectivity index (χ0) is 18.7. The molecule has 0 aliphatic rings. The predicted octanol–water partition coefficient (Wildman–Crippen LogP) is 2.23. The second-order valence-corrected chi connectivity index (χ2v) is 7.67. The Kier molecular flexibility index (Phi) is 4.69. The van der Waals surface area contributed by atoms with Gasteiger partial charge in [0.2, 0.25) is 5.95 Å².